The van der Waals surface area contributed by atoms with Crippen LogP contribution in [0.2, 0.25) is 0 Å². The highest BCUT2D eigenvalue weighted by Gasteiger charge is 2.11. The summed E-state index contributed by atoms with van der Waals surface area (Å²) in [6.45, 7) is 6.83. The van der Waals surface area contributed by atoms with Crippen molar-refractivity contribution in [2.24, 2.45) is 9.98 Å². The van der Waals surface area contributed by atoms with Gasteiger partial charge in [0.15, 0.2) is 0 Å². The number of carbonyl (C=O) groups excluding carboxylic acids is 2. The lowest BCUT2D eigenvalue weighted by atomic mass is 10.1. The SMILES string of the molecule is CCOC(=O)NC(=NCCCN(C)C)Nc1ccc2cc3ccc(NC(=NCCCN(C)C)NC(=O)OCC)cc3nc2c1.Cl. The molecule has 13 nitrogen and oxygen atoms in total. The summed E-state index contributed by atoms with van der Waals surface area (Å²) in [5, 5.41) is 13.7. The van der Waals surface area contributed by atoms with Gasteiger partial charge in [0.25, 0.3) is 0 Å². The van der Waals surface area contributed by atoms with Crippen molar-refractivity contribution < 1.29 is 19.1 Å². The zero-order valence-corrected chi connectivity index (χ0v) is 27.8. The van der Waals surface area contributed by atoms with E-state index in [-0.39, 0.29) is 25.6 Å². The molecule has 0 aliphatic heterocycles. The molecular weight excluding hydrogens is 598 g/mol. The van der Waals surface area contributed by atoms with Crippen LogP contribution < -0.4 is 21.3 Å². The maximum Gasteiger partial charge on any atom is 0.413 e. The molecule has 246 valence electrons. The average Bonchev–Trinajstić information content (AvgIpc) is 2.96. The van der Waals surface area contributed by atoms with Crippen LogP contribution in [0.15, 0.2) is 52.4 Å². The van der Waals surface area contributed by atoms with E-state index in [1.54, 1.807) is 13.8 Å². The van der Waals surface area contributed by atoms with E-state index in [0.717, 1.165) is 47.7 Å². The Kier molecular flexibility index (Phi) is 15.8. The zero-order valence-electron chi connectivity index (χ0n) is 27.0. The van der Waals surface area contributed by atoms with Gasteiger partial charge in [0.1, 0.15) is 0 Å². The molecule has 2 aromatic carbocycles. The number of halogens is 1. The van der Waals surface area contributed by atoms with Crippen molar-refractivity contribution in [3.05, 3.63) is 42.5 Å². The van der Waals surface area contributed by atoms with Crippen molar-refractivity contribution in [3.63, 3.8) is 0 Å². The van der Waals surface area contributed by atoms with Gasteiger partial charge >= 0.3 is 12.2 Å². The predicted octanol–water partition coefficient (Wildman–Crippen LogP) is 4.74. The Bertz CT molecular complexity index is 1360. The number of guanidine groups is 2. The van der Waals surface area contributed by atoms with E-state index >= 15 is 0 Å². The maximum atomic E-state index is 12.1. The predicted molar refractivity (Wildman–Crippen MR) is 185 cm³/mol. The molecular formula is C31H46ClN9O4. The second-order valence-electron chi connectivity index (χ2n) is 10.5. The minimum Gasteiger partial charge on any atom is -0.450 e. The highest BCUT2D eigenvalue weighted by Crippen LogP contribution is 2.25. The molecule has 1 aromatic heterocycles. The molecule has 0 saturated carbocycles. The van der Waals surface area contributed by atoms with Gasteiger partial charge in [-0.3, -0.25) is 20.6 Å². The topological polar surface area (TPSA) is 145 Å². The molecule has 0 radical (unpaired) electrons. The minimum absolute atomic E-state index is 0. The van der Waals surface area contributed by atoms with Crippen molar-refractivity contribution in [1.82, 2.24) is 25.4 Å². The summed E-state index contributed by atoms with van der Waals surface area (Å²) in [6.07, 6.45) is 0.522. The van der Waals surface area contributed by atoms with E-state index in [1.165, 1.54) is 0 Å². The number of rotatable bonds is 12. The summed E-state index contributed by atoms with van der Waals surface area (Å²) < 4.78 is 10.1. The van der Waals surface area contributed by atoms with Crippen molar-refractivity contribution >= 4 is 69.7 Å². The van der Waals surface area contributed by atoms with Crippen LogP contribution in [0, 0.1) is 0 Å². The second-order valence-corrected chi connectivity index (χ2v) is 10.5. The smallest absolute Gasteiger partial charge is 0.413 e. The number of alkyl carbamates (subject to hydrolysis) is 2. The summed E-state index contributed by atoms with van der Waals surface area (Å²) in [7, 11) is 8.02. The highest BCUT2D eigenvalue weighted by molar-refractivity contribution is 6.05. The number of aromatic nitrogens is 1. The summed E-state index contributed by atoms with van der Waals surface area (Å²) in [5.41, 5.74) is 2.94. The van der Waals surface area contributed by atoms with Gasteiger partial charge in [-0.1, -0.05) is 12.1 Å². The summed E-state index contributed by atoms with van der Waals surface area (Å²) in [4.78, 5) is 42.4. The first-order valence-corrected chi connectivity index (χ1v) is 14.8. The van der Waals surface area contributed by atoms with Crippen LogP contribution >= 0.6 is 12.4 Å². The van der Waals surface area contributed by atoms with Gasteiger partial charge in [0, 0.05) is 35.2 Å². The minimum atomic E-state index is -0.575. The lowest BCUT2D eigenvalue weighted by molar-refractivity contribution is 0.156. The lowest BCUT2D eigenvalue weighted by Gasteiger charge is -2.14. The van der Waals surface area contributed by atoms with Crippen LogP contribution in [0.3, 0.4) is 0 Å². The fraction of sp³-hybridized carbons (Fsp3) is 0.452. The number of ether oxygens (including phenoxy) is 2. The zero-order chi connectivity index (χ0) is 31.9. The van der Waals surface area contributed by atoms with Gasteiger partial charge in [0.05, 0.1) is 24.2 Å². The number of hydrogen-bond donors (Lipinski definition) is 4. The number of hydrogen-bond acceptors (Lipinski definition) is 9. The van der Waals surface area contributed by atoms with Gasteiger partial charge in [-0.25, -0.2) is 14.6 Å². The van der Waals surface area contributed by atoms with E-state index in [9.17, 15) is 9.59 Å². The van der Waals surface area contributed by atoms with Crippen LogP contribution in [-0.4, -0.2) is 106 Å². The molecule has 45 heavy (non-hydrogen) atoms. The van der Waals surface area contributed by atoms with Gasteiger partial charge in [0.2, 0.25) is 11.9 Å². The molecule has 2 amide bonds. The quantitative estimate of drug-likeness (QED) is 0.0952. The Morgan fingerprint density at radius 1 is 0.711 bits per heavy atom. The number of nitrogens with one attached hydrogen (secondary N) is 4. The molecule has 0 bridgehead atoms. The van der Waals surface area contributed by atoms with E-state index in [4.69, 9.17) is 14.5 Å². The number of fused-ring (bicyclic) bond motifs is 2. The molecule has 0 spiro atoms. The third kappa shape index (κ3) is 13.1. The molecule has 0 atom stereocenters. The average molecular weight is 644 g/mol. The third-order valence-electron chi connectivity index (χ3n) is 6.20. The number of pyridine rings is 1. The molecule has 1 heterocycles. The van der Waals surface area contributed by atoms with Gasteiger partial charge < -0.3 is 29.9 Å². The van der Waals surface area contributed by atoms with E-state index in [0.29, 0.717) is 36.4 Å². The summed E-state index contributed by atoms with van der Waals surface area (Å²) in [5.74, 6) is 0.612. The molecule has 3 aromatic rings. The first-order valence-electron chi connectivity index (χ1n) is 14.8. The third-order valence-corrected chi connectivity index (χ3v) is 6.20. The van der Waals surface area contributed by atoms with Crippen molar-refractivity contribution in [1.29, 1.82) is 0 Å². The molecule has 0 aliphatic carbocycles. The second kappa shape index (κ2) is 19.2. The molecule has 3 rings (SSSR count). The fourth-order valence-electron chi connectivity index (χ4n) is 4.16. The first-order chi connectivity index (χ1) is 21.2. The summed E-state index contributed by atoms with van der Waals surface area (Å²) in [6, 6.07) is 13.6. The molecule has 0 aliphatic rings. The van der Waals surface area contributed by atoms with Crippen molar-refractivity contribution in [2.75, 3.05) is 78.2 Å². The van der Waals surface area contributed by atoms with Crippen LogP contribution in [0.25, 0.3) is 21.8 Å². The Morgan fingerprint density at radius 2 is 1.13 bits per heavy atom. The molecule has 4 N–H and O–H groups in total. The van der Waals surface area contributed by atoms with Crippen LogP contribution in [0.1, 0.15) is 26.7 Å². The number of aliphatic imine (C=N–C) groups is 2. The Balaban J connectivity index is 0.00000705. The fourth-order valence-corrected chi connectivity index (χ4v) is 4.16. The van der Waals surface area contributed by atoms with E-state index in [2.05, 4.69) is 47.1 Å². The van der Waals surface area contributed by atoms with Gasteiger partial charge in [-0.05, 0) is 98.3 Å². The van der Waals surface area contributed by atoms with E-state index < -0.39 is 12.2 Å². The molecule has 0 unspecified atom stereocenters. The standard InChI is InChI=1S/C31H45N9O4.ClH/c1-7-43-30(41)37-28(32-15-9-17-39(3)4)34-24-13-11-22-19-23-12-14-25(21-27(23)36-26(22)20-24)35-29(38-31(42)44-8-2)33-16-10-18-40(5)6;/h11-14,19-21H,7-10,15-18H2,1-6H3,(H2,32,34,37,41)(H2,33,35,38,42);1H. The maximum absolute atomic E-state index is 12.1. The summed E-state index contributed by atoms with van der Waals surface area (Å²) >= 11 is 0. The monoisotopic (exact) mass is 643 g/mol. The Labute approximate surface area is 271 Å². The normalized spacial score (nSPS) is 11.8. The molecule has 0 fully saturated rings. The first kappa shape index (κ1) is 37.0. The lowest BCUT2D eigenvalue weighted by Crippen LogP contribution is -2.36. The Hall–Kier alpha value is -4.20. The van der Waals surface area contributed by atoms with Crippen molar-refractivity contribution in [3.8, 4) is 0 Å². The number of amides is 2. The molecule has 0 saturated heterocycles. The number of nitrogens with zero attached hydrogens (tertiary/aromatic N) is 5. The van der Waals surface area contributed by atoms with Gasteiger partial charge in [-0.15, -0.1) is 12.4 Å². The Morgan fingerprint density at radius 3 is 1.51 bits per heavy atom. The number of anilines is 2. The van der Waals surface area contributed by atoms with E-state index in [1.807, 2.05) is 64.6 Å². The molecule has 14 heteroatoms. The number of carbonyl (C=O) groups is 2. The highest BCUT2D eigenvalue weighted by atomic mass is 35.5. The number of benzene rings is 2. The van der Waals surface area contributed by atoms with Gasteiger partial charge in [-0.2, -0.15) is 0 Å². The largest absolute Gasteiger partial charge is 0.450 e. The van der Waals surface area contributed by atoms with Crippen LogP contribution in [0.5, 0.6) is 0 Å². The van der Waals surface area contributed by atoms with Crippen LogP contribution in [-0.2, 0) is 9.47 Å². The van der Waals surface area contributed by atoms with Crippen LogP contribution in [0.4, 0.5) is 21.0 Å². The van der Waals surface area contributed by atoms with Crippen molar-refractivity contribution in [2.45, 2.75) is 26.7 Å².